The molecule has 0 bridgehead atoms. The van der Waals surface area contributed by atoms with Crippen molar-refractivity contribution in [2.24, 2.45) is 5.73 Å². The summed E-state index contributed by atoms with van der Waals surface area (Å²) in [4.78, 5) is 0. The Morgan fingerprint density at radius 2 is 2.06 bits per heavy atom. The zero-order chi connectivity index (χ0) is 13.1. The molecule has 3 nitrogen and oxygen atoms in total. The molecule has 5 heteroatoms. The van der Waals surface area contributed by atoms with Gasteiger partial charge in [0.15, 0.2) is 11.6 Å². The first-order valence-corrected chi connectivity index (χ1v) is 5.38. The summed E-state index contributed by atoms with van der Waals surface area (Å²) >= 11 is 0. The Hall–Kier alpha value is -1.20. The lowest BCUT2D eigenvalue weighted by atomic mass is 9.99. The summed E-state index contributed by atoms with van der Waals surface area (Å²) in [5, 5.41) is 9.73. The highest BCUT2D eigenvalue weighted by Crippen LogP contribution is 2.20. The summed E-state index contributed by atoms with van der Waals surface area (Å²) in [6.45, 7) is 3.43. The normalized spacial score (nSPS) is 16.4. The van der Waals surface area contributed by atoms with Crippen molar-refractivity contribution < 1.29 is 18.6 Å². The van der Waals surface area contributed by atoms with E-state index >= 15 is 0 Å². The van der Waals surface area contributed by atoms with Crippen LogP contribution in [-0.4, -0.2) is 23.4 Å². The van der Waals surface area contributed by atoms with Crippen molar-refractivity contribution in [2.45, 2.75) is 32.0 Å². The summed E-state index contributed by atoms with van der Waals surface area (Å²) in [7, 11) is 0. The van der Waals surface area contributed by atoms with Gasteiger partial charge in [-0.1, -0.05) is 0 Å². The van der Waals surface area contributed by atoms with Gasteiger partial charge in [0.05, 0.1) is 11.7 Å². The molecule has 3 N–H and O–H groups in total. The van der Waals surface area contributed by atoms with E-state index in [0.717, 1.165) is 12.1 Å². The van der Waals surface area contributed by atoms with Gasteiger partial charge in [-0.25, -0.2) is 8.78 Å². The minimum atomic E-state index is -1.03. The first-order chi connectivity index (χ1) is 7.84. The highest BCUT2D eigenvalue weighted by atomic mass is 19.2. The second-order valence-electron chi connectivity index (χ2n) is 4.41. The quantitative estimate of drug-likeness (QED) is 0.832. The van der Waals surface area contributed by atoms with E-state index in [9.17, 15) is 13.9 Å². The molecule has 0 amide bonds. The Labute approximate surface area is 99.2 Å². The fraction of sp³-hybridized carbons (Fsp3) is 0.500. The van der Waals surface area contributed by atoms with Crippen LogP contribution < -0.4 is 10.5 Å². The molecule has 1 rings (SSSR count). The van der Waals surface area contributed by atoms with Crippen LogP contribution in [0.4, 0.5) is 8.78 Å². The number of ether oxygens (including phenoxy) is 1. The van der Waals surface area contributed by atoms with Gasteiger partial charge in [-0.05, 0) is 26.0 Å². The minimum absolute atomic E-state index is 0.110. The first-order valence-electron chi connectivity index (χ1n) is 5.38. The van der Waals surface area contributed by atoms with Crippen molar-refractivity contribution in [1.82, 2.24) is 0 Å². The molecule has 0 spiro atoms. The van der Waals surface area contributed by atoms with E-state index in [1.165, 1.54) is 6.07 Å². The molecule has 17 heavy (non-hydrogen) atoms. The Bertz CT molecular complexity index is 383. The minimum Gasteiger partial charge on any atom is -0.491 e. The average molecular weight is 245 g/mol. The predicted octanol–water partition coefficient (Wildman–Crippen LogP) is 1.83. The Morgan fingerprint density at radius 3 is 2.59 bits per heavy atom. The van der Waals surface area contributed by atoms with Gasteiger partial charge in [0.25, 0.3) is 0 Å². The van der Waals surface area contributed by atoms with Crippen LogP contribution in [0.25, 0.3) is 0 Å². The maximum absolute atomic E-state index is 12.9. The summed E-state index contributed by atoms with van der Waals surface area (Å²) < 4.78 is 30.9. The van der Waals surface area contributed by atoms with Gasteiger partial charge in [0, 0.05) is 19.0 Å². The number of benzene rings is 1. The molecule has 1 aromatic carbocycles. The number of hydrogen-bond acceptors (Lipinski definition) is 3. The van der Waals surface area contributed by atoms with E-state index in [-0.39, 0.29) is 18.4 Å². The van der Waals surface area contributed by atoms with Gasteiger partial charge in [0.1, 0.15) is 5.75 Å². The van der Waals surface area contributed by atoms with Crippen molar-refractivity contribution in [3.63, 3.8) is 0 Å². The van der Waals surface area contributed by atoms with E-state index in [0.29, 0.717) is 6.42 Å². The second-order valence-corrected chi connectivity index (χ2v) is 4.41. The zero-order valence-electron chi connectivity index (χ0n) is 9.91. The standard InChI is InChI=1S/C12H17F2NO2/c1-8(6-12(2,16)7-15)17-9-3-4-10(13)11(14)5-9/h3-5,8,16H,6-7,15H2,1-2H3. The summed E-state index contributed by atoms with van der Waals surface area (Å²) in [6, 6.07) is 3.31. The number of halogens is 2. The monoisotopic (exact) mass is 245 g/mol. The van der Waals surface area contributed by atoms with E-state index in [2.05, 4.69) is 0 Å². The van der Waals surface area contributed by atoms with Crippen LogP contribution in [0.5, 0.6) is 5.75 Å². The fourth-order valence-electron chi connectivity index (χ4n) is 1.53. The van der Waals surface area contributed by atoms with E-state index < -0.39 is 17.2 Å². The molecule has 0 aliphatic heterocycles. The molecule has 0 heterocycles. The van der Waals surface area contributed by atoms with E-state index in [1.807, 2.05) is 0 Å². The largest absolute Gasteiger partial charge is 0.491 e. The zero-order valence-corrected chi connectivity index (χ0v) is 9.91. The predicted molar refractivity (Wildman–Crippen MR) is 60.7 cm³/mol. The summed E-state index contributed by atoms with van der Waals surface area (Å²) in [5.41, 5.74) is 4.35. The number of rotatable bonds is 5. The van der Waals surface area contributed by atoms with Crippen LogP contribution in [0, 0.1) is 11.6 Å². The molecule has 0 fully saturated rings. The Kier molecular flexibility index (Phi) is 4.42. The molecule has 2 atom stereocenters. The van der Waals surface area contributed by atoms with Crippen LogP contribution in [0.15, 0.2) is 18.2 Å². The molecular formula is C12H17F2NO2. The third kappa shape index (κ3) is 4.28. The van der Waals surface area contributed by atoms with Gasteiger partial charge in [-0.15, -0.1) is 0 Å². The van der Waals surface area contributed by atoms with Crippen molar-refractivity contribution >= 4 is 0 Å². The highest BCUT2D eigenvalue weighted by Gasteiger charge is 2.22. The molecule has 2 unspecified atom stereocenters. The topological polar surface area (TPSA) is 55.5 Å². The lowest BCUT2D eigenvalue weighted by Gasteiger charge is -2.25. The van der Waals surface area contributed by atoms with Gasteiger partial charge >= 0.3 is 0 Å². The molecule has 0 aromatic heterocycles. The van der Waals surface area contributed by atoms with Crippen LogP contribution in [-0.2, 0) is 0 Å². The van der Waals surface area contributed by atoms with Gasteiger partial charge in [-0.3, -0.25) is 0 Å². The van der Waals surface area contributed by atoms with Gasteiger partial charge < -0.3 is 15.6 Å². The Balaban J connectivity index is 2.62. The van der Waals surface area contributed by atoms with Crippen LogP contribution in [0.1, 0.15) is 20.3 Å². The summed E-state index contributed by atoms with van der Waals surface area (Å²) in [6.07, 6.45) is -0.0407. The number of aliphatic hydroxyl groups is 1. The number of nitrogens with two attached hydrogens (primary N) is 1. The van der Waals surface area contributed by atoms with Gasteiger partial charge in [-0.2, -0.15) is 0 Å². The molecule has 0 saturated heterocycles. The lowest BCUT2D eigenvalue weighted by molar-refractivity contribution is 0.0236. The maximum Gasteiger partial charge on any atom is 0.162 e. The molecule has 96 valence electrons. The molecule has 0 radical (unpaired) electrons. The Morgan fingerprint density at radius 1 is 1.41 bits per heavy atom. The van der Waals surface area contributed by atoms with E-state index in [1.54, 1.807) is 13.8 Å². The lowest BCUT2D eigenvalue weighted by Crippen LogP contribution is -2.38. The smallest absolute Gasteiger partial charge is 0.162 e. The van der Waals surface area contributed by atoms with Crippen molar-refractivity contribution in [1.29, 1.82) is 0 Å². The molecule has 1 aromatic rings. The highest BCUT2D eigenvalue weighted by molar-refractivity contribution is 5.23. The summed E-state index contributed by atoms with van der Waals surface area (Å²) in [5.74, 6) is -1.65. The second kappa shape index (κ2) is 5.42. The molecule has 0 aliphatic carbocycles. The third-order valence-electron chi connectivity index (χ3n) is 2.40. The molecular weight excluding hydrogens is 228 g/mol. The van der Waals surface area contributed by atoms with Crippen molar-refractivity contribution in [3.05, 3.63) is 29.8 Å². The van der Waals surface area contributed by atoms with Gasteiger partial charge in [0.2, 0.25) is 0 Å². The molecule has 0 aliphatic rings. The van der Waals surface area contributed by atoms with E-state index in [4.69, 9.17) is 10.5 Å². The van der Waals surface area contributed by atoms with Crippen LogP contribution in [0.3, 0.4) is 0 Å². The van der Waals surface area contributed by atoms with Crippen LogP contribution >= 0.6 is 0 Å². The van der Waals surface area contributed by atoms with Crippen molar-refractivity contribution in [3.8, 4) is 5.75 Å². The number of hydrogen-bond donors (Lipinski definition) is 2. The SMILES string of the molecule is CC(CC(C)(O)CN)Oc1ccc(F)c(F)c1. The van der Waals surface area contributed by atoms with Crippen molar-refractivity contribution in [2.75, 3.05) is 6.54 Å². The molecule has 0 saturated carbocycles. The fourth-order valence-corrected chi connectivity index (χ4v) is 1.53. The maximum atomic E-state index is 12.9. The first kappa shape index (κ1) is 13.9. The van der Waals surface area contributed by atoms with Crippen LogP contribution in [0.2, 0.25) is 0 Å². The average Bonchev–Trinajstić information content (AvgIpc) is 2.23. The third-order valence-corrected chi connectivity index (χ3v) is 2.40.